The molecular formula is C12H9F2NO4S. The van der Waals surface area contributed by atoms with Gasteiger partial charge in [-0.15, -0.1) is 11.3 Å². The molecule has 1 heterocycles. The Hall–Kier alpha value is -2.22. The molecule has 0 fully saturated rings. The van der Waals surface area contributed by atoms with Crippen LogP contribution in [0, 0.1) is 0 Å². The minimum atomic E-state index is -2.98. The van der Waals surface area contributed by atoms with Crippen LogP contribution in [0.3, 0.4) is 0 Å². The van der Waals surface area contributed by atoms with Crippen LogP contribution >= 0.6 is 11.3 Å². The van der Waals surface area contributed by atoms with Gasteiger partial charge in [-0.3, -0.25) is 0 Å². The summed E-state index contributed by atoms with van der Waals surface area (Å²) in [4.78, 5) is 14.8. The molecule has 1 N–H and O–H groups in total. The van der Waals surface area contributed by atoms with E-state index in [9.17, 15) is 13.6 Å². The number of hydrogen-bond acceptors (Lipinski definition) is 5. The van der Waals surface area contributed by atoms with Crippen molar-refractivity contribution in [3.8, 4) is 22.1 Å². The number of rotatable bonds is 5. The van der Waals surface area contributed by atoms with Gasteiger partial charge in [-0.05, 0) is 18.2 Å². The van der Waals surface area contributed by atoms with Gasteiger partial charge in [0.05, 0.1) is 13.3 Å². The first-order valence-corrected chi connectivity index (χ1v) is 6.15. The van der Waals surface area contributed by atoms with E-state index in [4.69, 9.17) is 9.84 Å². The van der Waals surface area contributed by atoms with Crippen LogP contribution in [0.5, 0.6) is 11.5 Å². The van der Waals surface area contributed by atoms with Gasteiger partial charge in [0.15, 0.2) is 11.5 Å². The maximum Gasteiger partial charge on any atom is 0.387 e. The minimum Gasteiger partial charge on any atom is -0.493 e. The summed E-state index contributed by atoms with van der Waals surface area (Å²) in [6.45, 7) is -2.98. The number of carboxylic acid groups (broad SMARTS) is 1. The van der Waals surface area contributed by atoms with E-state index in [2.05, 4.69) is 9.72 Å². The molecular weight excluding hydrogens is 292 g/mol. The Kier molecular flexibility index (Phi) is 4.14. The smallest absolute Gasteiger partial charge is 0.387 e. The van der Waals surface area contributed by atoms with Crippen molar-refractivity contribution in [1.82, 2.24) is 4.98 Å². The molecule has 106 valence electrons. The lowest BCUT2D eigenvalue weighted by molar-refractivity contribution is -0.0511. The Morgan fingerprint density at radius 2 is 2.15 bits per heavy atom. The summed E-state index contributed by atoms with van der Waals surface area (Å²) in [5, 5.41) is 9.22. The fraction of sp³-hybridized carbons (Fsp3) is 0.167. The summed E-state index contributed by atoms with van der Waals surface area (Å²) in [7, 11) is 1.33. The third-order valence-corrected chi connectivity index (χ3v) is 3.38. The lowest BCUT2D eigenvalue weighted by Crippen LogP contribution is -2.03. The molecule has 0 saturated heterocycles. The molecule has 0 saturated carbocycles. The van der Waals surface area contributed by atoms with Crippen LogP contribution in [0.15, 0.2) is 24.4 Å². The van der Waals surface area contributed by atoms with E-state index in [1.807, 2.05) is 0 Å². The van der Waals surface area contributed by atoms with Crippen molar-refractivity contribution in [3.63, 3.8) is 0 Å². The highest BCUT2D eigenvalue weighted by Crippen LogP contribution is 2.34. The van der Waals surface area contributed by atoms with E-state index in [0.29, 0.717) is 10.6 Å². The maximum absolute atomic E-state index is 12.3. The molecule has 1 aromatic carbocycles. The maximum atomic E-state index is 12.3. The van der Waals surface area contributed by atoms with Crippen LogP contribution < -0.4 is 9.47 Å². The largest absolute Gasteiger partial charge is 0.493 e. The fourth-order valence-corrected chi connectivity index (χ4v) is 2.26. The lowest BCUT2D eigenvalue weighted by atomic mass is 10.2. The quantitative estimate of drug-likeness (QED) is 0.919. The number of carbonyl (C=O) groups is 1. The molecule has 0 aliphatic heterocycles. The highest BCUT2D eigenvalue weighted by molar-refractivity contribution is 7.16. The van der Waals surface area contributed by atoms with E-state index < -0.39 is 12.6 Å². The summed E-state index contributed by atoms with van der Waals surface area (Å²) in [6.07, 6.45) is 1.21. The molecule has 0 unspecified atom stereocenters. The predicted octanol–water partition coefficient (Wildman–Crippen LogP) is 3.12. The zero-order valence-corrected chi connectivity index (χ0v) is 11.0. The first-order valence-electron chi connectivity index (χ1n) is 5.33. The summed E-state index contributed by atoms with van der Waals surface area (Å²) < 4.78 is 33.9. The Morgan fingerprint density at radius 1 is 1.40 bits per heavy atom. The highest BCUT2D eigenvalue weighted by atomic mass is 32.1. The summed E-state index contributed by atoms with van der Waals surface area (Å²) in [5.41, 5.74) is 0.471. The molecule has 0 spiro atoms. The SMILES string of the molecule is COc1ccc(-c2ncc(C(=O)O)s2)cc1OC(F)F. The number of halogens is 2. The van der Waals surface area contributed by atoms with Gasteiger partial charge in [0.25, 0.3) is 0 Å². The van der Waals surface area contributed by atoms with Gasteiger partial charge >= 0.3 is 12.6 Å². The van der Waals surface area contributed by atoms with Crippen LogP contribution in [-0.4, -0.2) is 29.8 Å². The number of ether oxygens (including phenoxy) is 2. The number of carboxylic acids is 1. The zero-order chi connectivity index (χ0) is 14.7. The van der Waals surface area contributed by atoms with Crippen molar-refractivity contribution >= 4 is 17.3 Å². The minimum absolute atomic E-state index is 0.0622. The molecule has 0 bridgehead atoms. The van der Waals surface area contributed by atoms with Crippen LogP contribution in [0.25, 0.3) is 10.6 Å². The molecule has 1 aromatic heterocycles. The molecule has 0 atom stereocenters. The molecule has 0 amide bonds. The molecule has 5 nitrogen and oxygen atoms in total. The number of hydrogen-bond donors (Lipinski definition) is 1. The van der Waals surface area contributed by atoms with Crippen molar-refractivity contribution < 1.29 is 28.2 Å². The van der Waals surface area contributed by atoms with Crippen molar-refractivity contribution in [2.24, 2.45) is 0 Å². The number of benzene rings is 1. The van der Waals surface area contributed by atoms with Gasteiger partial charge < -0.3 is 14.6 Å². The number of thiazole rings is 1. The number of aromatic carboxylic acids is 1. The lowest BCUT2D eigenvalue weighted by Gasteiger charge is -2.10. The van der Waals surface area contributed by atoms with Crippen molar-refractivity contribution in [2.75, 3.05) is 7.11 Å². The number of nitrogens with zero attached hydrogens (tertiary/aromatic N) is 1. The molecule has 8 heteroatoms. The van der Waals surface area contributed by atoms with Crippen molar-refractivity contribution in [2.45, 2.75) is 6.61 Å². The number of methoxy groups -OCH3 is 1. The van der Waals surface area contributed by atoms with E-state index in [-0.39, 0.29) is 16.4 Å². The average molecular weight is 301 g/mol. The molecule has 2 aromatic rings. The normalized spacial score (nSPS) is 10.6. The number of alkyl halides is 2. The second-order valence-corrected chi connectivity index (χ2v) is 4.61. The molecule has 20 heavy (non-hydrogen) atoms. The molecule has 0 aliphatic carbocycles. The van der Waals surface area contributed by atoms with Gasteiger partial charge in [-0.1, -0.05) is 0 Å². The van der Waals surface area contributed by atoms with Crippen LogP contribution in [0.4, 0.5) is 8.78 Å². The Balaban J connectivity index is 2.38. The van der Waals surface area contributed by atoms with E-state index in [1.165, 1.54) is 25.4 Å². The zero-order valence-electron chi connectivity index (χ0n) is 10.2. The summed E-state index contributed by atoms with van der Waals surface area (Å²) >= 11 is 0.941. The fourth-order valence-electron chi connectivity index (χ4n) is 1.50. The number of aromatic nitrogens is 1. The van der Waals surface area contributed by atoms with Crippen LogP contribution in [-0.2, 0) is 0 Å². The highest BCUT2D eigenvalue weighted by Gasteiger charge is 2.15. The van der Waals surface area contributed by atoms with Crippen molar-refractivity contribution in [1.29, 1.82) is 0 Å². The first-order chi connectivity index (χ1) is 9.51. The monoisotopic (exact) mass is 301 g/mol. The Bertz CT molecular complexity index is 630. The van der Waals surface area contributed by atoms with E-state index in [0.717, 1.165) is 11.3 Å². The van der Waals surface area contributed by atoms with Gasteiger partial charge in [0, 0.05) is 5.56 Å². The second kappa shape index (κ2) is 5.83. The third-order valence-electron chi connectivity index (χ3n) is 2.34. The van der Waals surface area contributed by atoms with Gasteiger partial charge in [0.1, 0.15) is 9.88 Å². The van der Waals surface area contributed by atoms with Crippen LogP contribution in [0.2, 0.25) is 0 Å². The van der Waals surface area contributed by atoms with E-state index >= 15 is 0 Å². The predicted molar refractivity (Wildman–Crippen MR) is 67.7 cm³/mol. The Morgan fingerprint density at radius 3 is 2.70 bits per heavy atom. The first kappa shape index (κ1) is 14.2. The second-order valence-electron chi connectivity index (χ2n) is 3.58. The van der Waals surface area contributed by atoms with Gasteiger partial charge in [0.2, 0.25) is 0 Å². The average Bonchev–Trinajstić information content (AvgIpc) is 2.87. The van der Waals surface area contributed by atoms with Gasteiger partial charge in [-0.2, -0.15) is 8.78 Å². The summed E-state index contributed by atoms with van der Waals surface area (Å²) in [6, 6.07) is 4.37. The summed E-state index contributed by atoms with van der Waals surface area (Å²) in [5.74, 6) is -1.07. The van der Waals surface area contributed by atoms with Gasteiger partial charge in [-0.25, -0.2) is 9.78 Å². The topological polar surface area (TPSA) is 68.7 Å². The van der Waals surface area contributed by atoms with E-state index in [1.54, 1.807) is 6.07 Å². The Labute approximate surface area is 116 Å². The van der Waals surface area contributed by atoms with Crippen molar-refractivity contribution in [3.05, 3.63) is 29.3 Å². The third kappa shape index (κ3) is 3.02. The van der Waals surface area contributed by atoms with Crippen LogP contribution in [0.1, 0.15) is 9.67 Å². The molecule has 2 rings (SSSR count). The standard InChI is InChI=1S/C12H9F2NO4S/c1-18-7-3-2-6(4-8(7)19-12(13)14)10-15-5-9(20-10)11(16)17/h2-5,12H,1H3,(H,16,17). The molecule has 0 radical (unpaired) electrons. The molecule has 0 aliphatic rings.